The minimum Gasteiger partial charge on any atom is -0.322 e. The van der Waals surface area contributed by atoms with E-state index in [0.717, 1.165) is 0 Å². The van der Waals surface area contributed by atoms with Crippen LogP contribution in [-0.4, -0.2) is 5.91 Å². The second-order valence-corrected chi connectivity index (χ2v) is 4.44. The molecule has 1 amide bonds. The minimum absolute atomic E-state index is 0.0175. The topological polar surface area (TPSA) is 55.1 Å². The van der Waals surface area contributed by atoms with E-state index in [9.17, 15) is 9.18 Å². The summed E-state index contributed by atoms with van der Waals surface area (Å²) in [6, 6.07) is 11.9. The number of anilines is 1. The summed E-state index contributed by atoms with van der Waals surface area (Å²) < 4.78 is 13.5. The molecule has 0 unspecified atom stereocenters. The van der Waals surface area contributed by atoms with Gasteiger partial charge in [0.25, 0.3) is 0 Å². The lowest BCUT2D eigenvalue weighted by atomic mass is 10.1. The summed E-state index contributed by atoms with van der Waals surface area (Å²) in [7, 11) is 0. The monoisotopic (exact) mass is 278 g/mol. The predicted molar refractivity (Wildman–Crippen MR) is 73.4 cm³/mol. The molecule has 3 N–H and O–H groups in total. The molecule has 19 heavy (non-hydrogen) atoms. The molecule has 0 aliphatic heterocycles. The largest absolute Gasteiger partial charge is 0.322 e. The van der Waals surface area contributed by atoms with Crippen LogP contribution in [-0.2, 0) is 4.79 Å². The number of rotatable bonds is 3. The molecular weight excluding hydrogens is 267 g/mol. The molecule has 0 fully saturated rings. The van der Waals surface area contributed by atoms with Crippen molar-refractivity contribution in [2.24, 2.45) is 5.73 Å². The fourth-order valence-corrected chi connectivity index (χ4v) is 1.79. The molecule has 5 heteroatoms. The highest BCUT2D eigenvalue weighted by Crippen LogP contribution is 2.21. The maximum atomic E-state index is 13.5. The van der Waals surface area contributed by atoms with Gasteiger partial charge in [-0.25, -0.2) is 4.39 Å². The SMILES string of the molecule is N[C@H](C(=O)Nc1cc(Cl)ccc1F)c1ccccc1. The zero-order valence-electron chi connectivity index (χ0n) is 9.94. The van der Waals surface area contributed by atoms with Crippen LogP contribution < -0.4 is 11.1 Å². The third kappa shape index (κ3) is 3.30. The van der Waals surface area contributed by atoms with E-state index in [4.69, 9.17) is 17.3 Å². The van der Waals surface area contributed by atoms with E-state index < -0.39 is 17.8 Å². The van der Waals surface area contributed by atoms with Gasteiger partial charge in [-0.3, -0.25) is 4.79 Å². The lowest BCUT2D eigenvalue weighted by molar-refractivity contribution is -0.117. The van der Waals surface area contributed by atoms with Crippen molar-refractivity contribution in [3.05, 3.63) is 64.9 Å². The lowest BCUT2D eigenvalue weighted by Crippen LogP contribution is -2.28. The molecule has 0 aliphatic rings. The Labute approximate surface area is 115 Å². The first kappa shape index (κ1) is 13.5. The van der Waals surface area contributed by atoms with Crippen LogP contribution >= 0.6 is 11.6 Å². The number of carbonyl (C=O) groups is 1. The van der Waals surface area contributed by atoms with Crippen molar-refractivity contribution in [3.8, 4) is 0 Å². The maximum absolute atomic E-state index is 13.5. The molecule has 0 bridgehead atoms. The van der Waals surface area contributed by atoms with Crippen LogP contribution in [0.4, 0.5) is 10.1 Å². The standard InChI is InChI=1S/C14H12ClFN2O/c15-10-6-7-11(16)12(8-10)18-14(19)13(17)9-4-2-1-3-5-9/h1-8,13H,17H2,(H,18,19)/t13-/m0/s1. The number of nitrogens with one attached hydrogen (secondary N) is 1. The van der Waals surface area contributed by atoms with E-state index in [0.29, 0.717) is 10.6 Å². The molecule has 0 saturated carbocycles. The van der Waals surface area contributed by atoms with Crippen molar-refractivity contribution in [2.75, 3.05) is 5.32 Å². The highest BCUT2D eigenvalue weighted by atomic mass is 35.5. The van der Waals surface area contributed by atoms with Gasteiger partial charge < -0.3 is 11.1 Å². The van der Waals surface area contributed by atoms with Gasteiger partial charge in [-0.15, -0.1) is 0 Å². The van der Waals surface area contributed by atoms with Crippen LogP contribution in [0.3, 0.4) is 0 Å². The van der Waals surface area contributed by atoms with Crippen LogP contribution in [0.2, 0.25) is 5.02 Å². The van der Waals surface area contributed by atoms with E-state index in [1.54, 1.807) is 24.3 Å². The average Bonchev–Trinajstić information content (AvgIpc) is 2.43. The molecule has 98 valence electrons. The van der Waals surface area contributed by atoms with Gasteiger partial charge in [0.2, 0.25) is 5.91 Å². The summed E-state index contributed by atoms with van der Waals surface area (Å²) in [4.78, 5) is 11.9. The molecule has 0 spiro atoms. The smallest absolute Gasteiger partial charge is 0.245 e. The Morgan fingerprint density at radius 3 is 2.58 bits per heavy atom. The zero-order chi connectivity index (χ0) is 13.8. The fraction of sp³-hybridized carbons (Fsp3) is 0.0714. The summed E-state index contributed by atoms with van der Waals surface area (Å²) in [6.45, 7) is 0. The molecule has 1 atom stereocenters. The number of benzene rings is 2. The highest BCUT2D eigenvalue weighted by molar-refractivity contribution is 6.30. The number of hydrogen-bond acceptors (Lipinski definition) is 2. The fourth-order valence-electron chi connectivity index (χ4n) is 1.62. The summed E-state index contributed by atoms with van der Waals surface area (Å²) in [5.41, 5.74) is 6.48. The Morgan fingerprint density at radius 1 is 1.21 bits per heavy atom. The molecule has 3 nitrogen and oxygen atoms in total. The van der Waals surface area contributed by atoms with Crippen molar-refractivity contribution in [2.45, 2.75) is 6.04 Å². The van der Waals surface area contributed by atoms with Crippen LogP contribution in [0, 0.1) is 5.82 Å². The van der Waals surface area contributed by atoms with Gasteiger partial charge in [-0.05, 0) is 23.8 Å². The van der Waals surface area contributed by atoms with Gasteiger partial charge in [0.15, 0.2) is 0 Å². The van der Waals surface area contributed by atoms with Crippen molar-refractivity contribution in [1.29, 1.82) is 0 Å². The van der Waals surface area contributed by atoms with Gasteiger partial charge in [-0.2, -0.15) is 0 Å². The van der Waals surface area contributed by atoms with Crippen molar-refractivity contribution >= 4 is 23.2 Å². The molecule has 2 rings (SSSR count). The van der Waals surface area contributed by atoms with Crippen molar-refractivity contribution in [3.63, 3.8) is 0 Å². The van der Waals surface area contributed by atoms with E-state index in [1.807, 2.05) is 6.07 Å². The Morgan fingerprint density at radius 2 is 1.89 bits per heavy atom. The first-order valence-electron chi connectivity index (χ1n) is 5.64. The summed E-state index contributed by atoms with van der Waals surface area (Å²) in [5.74, 6) is -1.05. The number of halogens is 2. The first-order valence-corrected chi connectivity index (χ1v) is 6.02. The second kappa shape index (κ2) is 5.82. The van der Waals surface area contributed by atoms with Crippen molar-refractivity contribution < 1.29 is 9.18 Å². The molecule has 2 aromatic carbocycles. The Balaban J connectivity index is 2.15. The van der Waals surface area contributed by atoms with E-state index >= 15 is 0 Å². The van der Waals surface area contributed by atoms with Gasteiger partial charge in [0.1, 0.15) is 11.9 Å². The molecule has 2 aromatic rings. The number of nitrogens with two attached hydrogens (primary N) is 1. The number of carbonyl (C=O) groups excluding carboxylic acids is 1. The van der Waals surface area contributed by atoms with Crippen LogP contribution in [0.5, 0.6) is 0 Å². The van der Waals surface area contributed by atoms with Crippen molar-refractivity contribution in [1.82, 2.24) is 0 Å². The molecule has 0 radical (unpaired) electrons. The van der Waals surface area contributed by atoms with Crippen LogP contribution in [0.25, 0.3) is 0 Å². The average molecular weight is 279 g/mol. The lowest BCUT2D eigenvalue weighted by Gasteiger charge is -2.13. The van der Waals surface area contributed by atoms with Gasteiger partial charge >= 0.3 is 0 Å². The predicted octanol–water partition coefficient (Wildman–Crippen LogP) is 3.12. The van der Waals surface area contributed by atoms with Crippen LogP contribution in [0.1, 0.15) is 11.6 Å². The first-order chi connectivity index (χ1) is 9.08. The molecule has 0 aromatic heterocycles. The third-order valence-electron chi connectivity index (χ3n) is 2.63. The Kier molecular flexibility index (Phi) is 4.14. The summed E-state index contributed by atoms with van der Waals surface area (Å²) in [5, 5.41) is 2.76. The van der Waals surface area contributed by atoms with Crippen LogP contribution in [0.15, 0.2) is 48.5 Å². The number of hydrogen-bond donors (Lipinski definition) is 2. The normalized spacial score (nSPS) is 11.9. The van der Waals surface area contributed by atoms with E-state index in [2.05, 4.69) is 5.32 Å². The number of amides is 1. The van der Waals surface area contributed by atoms with E-state index in [-0.39, 0.29) is 5.69 Å². The Bertz CT molecular complexity index is 589. The highest BCUT2D eigenvalue weighted by Gasteiger charge is 2.17. The second-order valence-electron chi connectivity index (χ2n) is 4.00. The quantitative estimate of drug-likeness (QED) is 0.906. The van der Waals surface area contributed by atoms with Gasteiger partial charge in [0, 0.05) is 5.02 Å². The zero-order valence-corrected chi connectivity index (χ0v) is 10.7. The summed E-state index contributed by atoms with van der Waals surface area (Å²) >= 11 is 5.75. The van der Waals surface area contributed by atoms with Gasteiger partial charge in [0.05, 0.1) is 5.69 Å². The minimum atomic E-state index is -0.861. The molecule has 0 heterocycles. The molecule has 0 aliphatic carbocycles. The molecular formula is C14H12ClFN2O. The maximum Gasteiger partial charge on any atom is 0.245 e. The summed E-state index contributed by atoms with van der Waals surface area (Å²) in [6.07, 6.45) is 0. The van der Waals surface area contributed by atoms with Gasteiger partial charge in [-0.1, -0.05) is 41.9 Å². The Hall–Kier alpha value is -1.91. The molecule has 0 saturated heterocycles. The third-order valence-corrected chi connectivity index (χ3v) is 2.86. The van der Waals surface area contributed by atoms with E-state index in [1.165, 1.54) is 18.2 Å².